The molecule has 136 valence electrons. The van der Waals surface area contributed by atoms with E-state index in [9.17, 15) is 0 Å². The van der Waals surface area contributed by atoms with Gasteiger partial charge in [-0.15, -0.1) is 0 Å². The maximum absolute atomic E-state index is 2.61. The van der Waals surface area contributed by atoms with E-state index < -0.39 is 0 Å². The van der Waals surface area contributed by atoms with Crippen molar-refractivity contribution in [1.82, 2.24) is 0 Å². The first kappa shape index (κ1) is 19.3. The Morgan fingerprint density at radius 2 is 1.39 bits per heavy atom. The van der Waals surface area contributed by atoms with Crippen molar-refractivity contribution >= 4 is 0 Å². The number of fused-ring (bicyclic) bond motifs is 1. The third-order valence-corrected chi connectivity index (χ3v) is 8.53. The maximum Gasteiger partial charge on any atom is -0.0272 e. The summed E-state index contributed by atoms with van der Waals surface area (Å²) in [5, 5.41) is 0. The van der Waals surface area contributed by atoms with Crippen LogP contribution < -0.4 is 0 Å². The summed E-state index contributed by atoms with van der Waals surface area (Å²) in [6.07, 6.45) is 14.6. The van der Waals surface area contributed by atoms with Gasteiger partial charge in [0.2, 0.25) is 0 Å². The third-order valence-electron chi connectivity index (χ3n) is 8.53. The molecule has 0 aromatic rings. The van der Waals surface area contributed by atoms with Crippen LogP contribution in [0, 0.1) is 34.0 Å². The molecule has 0 saturated heterocycles. The number of rotatable bonds is 2. The highest BCUT2D eigenvalue weighted by molar-refractivity contribution is 4.97. The average Bonchev–Trinajstić information content (AvgIpc) is 3.22. The van der Waals surface area contributed by atoms with Crippen LogP contribution in [0.5, 0.6) is 0 Å². The van der Waals surface area contributed by atoms with Crippen LogP contribution in [-0.2, 0) is 0 Å². The van der Waals surface area contributed by atoms with Crippen LogP contribution in [0.25, 0.3) is 0 Å². The van der Waals surface area contributed by atoms with E-state index in [2.05, 4.69) is 48.5 Å². The highest BCUT2D eigenvalue weighted by Gasteiger charge is 2.47. The predicted molar refractivity (Wildman–Crippen MR) is 104 cm³/mol. The van der Waals surface area contributed by atoms with Gasteiger partial charge >= 0.3 is 0 Å². The van der Waals surface area contributed by atoms with Crippen molar-refractivity contribution in [2.45, 2.75) is 113 Å². The fourth-order valence-corrected chi connectivity index (χ4v) is 5.38. The smallest absolute Gasteiger partial charge is 0.0272 e. The Balaban J connectivity index is 2.05. The molecular formula is C23H44. The van der Waals surface area contributed by atoms with Crippen LogP contribution in [0.2, 0.25) is 0 Å². The molecule has 2 saturated carbocycles. The van der Waals surface area contributed by atoms with Crippen molar-refractivity contribution in [3.05, 3.63) is 0 Å². The minimum Gasteiger partial charge on any atom is -0.0622 e. The molecule has 23 heavy (non-hydrogen) atoms. The summed E-state index contributed by atoms with van der Waals surface area (Å²) in [5.41, 5.74) is 1.59. The molecular weight excluding hydrogens is 276 g/mol. The zero-order chi connectivity index (χ0) is 17.3. The van der Waals surface area contributed by atoms with Crippen LogP contribution in [0.1, 0.15) is 113 Å². The SMILES string of the molecule is CC(C)C(C)(C)C1(C)CCCCCCC(C)(C)C2CC2CCC1. The molecule has 3 unspecified atom stereocenters. The highest BCUT2D eigenvalue weighted by atomic mass is 14.5. The fraction of sp³-hybridized carbons (Fsp3) is 1.00. The average molecular weight is 321 g/mol. The molecule has 0 nitrogen and oxygen atoms in total. The molecule has 0 aliphatic heterocycles. The zero-order valence-corrected chi connectivity index (χ0v) is 17.3. The summed E-state index contributed by atoms with van der Waals surface area (Å²) in [4.78, 5) is 0. The van der Waals surface area contributed by atoms with E-state index in [4.69, 9.17) is 0 Å². The molecule has 2 aliphatic carbocycles. The van der Waals surface area contributed by atoms with E-state index in [1.165, 1.54) is 64.2 Å². The van der Waals surface area contributed by atoms with Crippen molar-refractivity contribution in [1.29, 1.82) is 0 Å². The van der Waals surface area contributed by atoms with E-state index >= 15 is 0 Å². The van der Waals surface area contributed by atoms with Crippen LogP contribution in [0.4, 0.5) is 0 Å². The largest absolute Gasteiger partial charge is 0.0622 e. The van der Waals surface area contributed by atoms with Gasteiger partial charge in [0.15, 0.2) is 0 Å². The second-order valence-corrected chi connectivity index (χ2v) is 10.8. The lowest BCUT2D eigenvalue weighted by Gasteiger charge is -2.48. The Labute approximate surface area is 147 Å². The zero-order valence-electron chi connectivity index (χ0n) is 17.3. The Hall–Kier alpha value is 0. The van der Waals surface area contributed by atoms with Crippen molar-refractivity contribution in [3.8, 4) is 0 Å². The quantitative estimate of drug-likeness (QED) is 0.485. The van der Waals surface area contributed by atoms with E-state index in [1.807, 2.05) is 0 Å². The van der Waals surface area contributed by atoms with E-state index in [0.29, 0.717) is 16.2 Å². The molecule has 0 heterocycles. The Bertz CT molecular complexity index is 375. The third kappa shape index (κ3) is 4.35. The lowest BCUT2D eigenvalue weighted by Crippen LogP contribution is -2.39. The van der Waals surface area contributed by atoms with Gasteiger partial charge in [-0.3, -0.25) is 0 Å². The molecule has 0 N–H and O–H groups in total. The molecule has 2 fully saturated rings. The van der Waals surface area contributed by atoms with Crippen LogP contribution >= 0.6 is 0 Å². The monoisotopic (exact) mass is 320 g/mol. The minimum absolute atomic E-state index is 0.454. The van der Waals surface area contributed by atoms with Gasteiger partial charge in [-0.05, 0) is 59.7 Å². The second kappa shape index (κ2) is 7.09. The fourth-order valence-electron chi connectivity index (χ4n) is 5.38. The molecule has 0 heteroatoms. The molecule has 2 aliphatic rings. The molecule has 0 aromatic heterocycles. The first-order chi connectivity index (χ1) is 10.6. The topological polar surface area (TPSA) is 0 Å². The first-order valence-corrected chi connectivity index (χ1v) is 10.6. The van der Waals surface area contributed by atoms with E-state index in [1.54, 1.807) is 0 Å². The maximum atomic E-state index is 2.61. The predicted octanol–water partition coefficient (Wildman–Crippen LogP) is 7.86. The summed E-state index contributed by atoms with van der Waals surface area (Å²) in [6.45, 7) is 17.7. The van der Waals surface area contributed by atoms with Crippen molar-refractivity contribution in [3.63, 3.8) is 0 Å². The molecule has 0 bridgehead atoms. The Morgan fingerprint density at radius 1 is 0.826 bits per heavy atom. The second-order valence-electron chi connectivity index (χ2n) is 10.8. The van der Waals surface area contributed by atoms with E-state index in [-0.39, 0.29) is 0 Å². The van der Waals surface area contributed by atoms with Crippen LogP contribution in [-0.4, -0.2) is 0 Å². The standard InChI is InChI=1S/C23H44/c1-18(2)22(5,6)23(7)15-11-9-8-10-14-21(3,4)20-17-19(20)13-12-16-23/h18-20H,8-17H2,1-7H3. The summed E-state index contributed by atoms with van der Waals surface area (Å²) in [7, 11) is 0. The van der Waals surface area contributed by atoms with Gasteiger partial charge in [0, 0.05) is 0 Å². The molecule has 2 rings (SSSR count). The van der Waals surface area contributed by atoms with Gasteiger partial charge in [0.25, 0.3) is 0 Å². The van der Waals surface area contributed by atoms with Gasteiger partial charge in [-0.1, -0.05) is 87.0 Å². The first-order valence-electron chi connectivity index (χ1n) is 10.6. The molecule has 0 aromatic carbocycles. The van der Waals surface area contributed by atoms with Gasteiger partial charge in [0.1, 0.15) is 0 Å². The van der Waals surface area contributed by atoms with Gasteiger partial charge < -0.3 is 0 Å². The summed E-state index contributed by atoms with van der Waals surface area (Å²) >= 11 is 0. The Kier molecular flexibility index (Phi) is 5.95. The molecule has 0 amide bonds. The van der Waals surface area contributed by atoms with Crippen molar-refractivity contribution < 1.29 is 0 Å². The normalized spacial score (nSPS) is 36.5. The minimum atomic E-state index is 0.454. The summed E-state index contributed by atoms with van der Waals surface area (Å²) in [5.74, 6) is 2.86. The number of hydrogen-bond acceptors (Lipinski definition) is 0. The summed E-state index contributed by atoms with van der Waals surface area (Å²) < 4.78 is 0. The van der Waals surface area contributed by atoms with Crippen molar-refractivity contribution in [2.24, 2.45) is 34.0 Å². The number of hydrogen-bond donors (Lipinski definition) is 0. The Morgan fingerprint density at radius 3 is 2.00 bits per heavy atom. The lowest BCUT2D eigenvalue weighted by molar-refractivity contribution is 0.0170. The highest BCUT2D eigenvalue weighted by Crippen LogP contribution is 2.57. The van der Waals surface area contributed by atoms with Crippen LogP contribution in [0.3, 0.4) is 0 Å². The molecule has 3 atom stereocenters. The lowest BCUT2D eigenvalue weighted by atomic mass is 9.57. The molecule has 0 radical (unpaired) electrons. The van der Waals surface area contributed by atoms with Gasteiger partial charge in [0.05, 0.1) is 0 Å². The van der Waals surface area contributed by atoms with E-state index in [0.717, 1.165) is 17.8 Å². The van der Waals surface area contributed by atoms with Crippen molar-refractivity contribution in [2.75, 3.05) is 0 Å². The summed E-state index contributed by atoms with van der Waals surface area (Å²) in [6, 6.07) is 0. The van der Waals surface area contributed by atoms with Crippen LogP contribution in [0.15, 0.2) is 0 Å². The van der Waals surface area contributed by atoms with Gasteiger partial charge in [-0.25, -0.2) is 0 Å². The van der Waals surface area contributed by atoms with Gasteiger partial charge in [-0.2, -0.15) is 0 Å². The molecule has 0 spiro atoms.